The second-order valence-corrected chi connectivity index (χ2v) is 14.4. The molecular weight excluding hydrogens is 695 g/mol. The third-order valence-corrected chi connectivity index (χ3v) is 11.0. The van der Waals surface area contributed by atoms with Crippen LogP contribution in [0.1, 0.15) is 52.1 Å². The Hall–Kier alpha value is -5.90. The van der Waals surface area contributed by atoms with Gasteiger partial charge in [0.1, 0.15) is 18.0 Å². The summed E-state index contributed by atoms with van der Waals surface area (Å²) in [5, 5.41) is 15.8. The molecule has 0 saturated carbocycles. The SMILES string of the molecule is Cc1nc(OC2CC3CNC(N)=C(/C=C(\N)c4cccc(F)c4O)N3C2)cnc1CN1CCN(c2ccc3c(c2)C(=O)N(C2CCC(=O)NC2=O)C3)CC1. The van der Waals surface area contributed by atoms with Gasteiger partial charge in [-0.3, -0.25) is 29.6 Å². The minimum atomic E-state index is -0.751. The average Bonchev–Trinajstić information content (AvgIpc) is 3.72. The van der Waals surface area contributed by atoms with Crippen LogP contribution >= 0.6 is 0 Å². The molecule has 3 unspecified atom stereocenters. The summed E-state index contributed by atoms with van der Waals surface area (Å²) in [7, 11) is 0. The number of rotatable bonds is 8. The van der Waals surface area contributed by atoms with Gasteiger partial charge >= 0.3 is 0 Å². The smallest absolute Gasteiger partial charge is 0.255 e. The Balaban J connectivity index is 0.853. The molecule has 54 heavy (non-hydrogen) atoms. The van der Waals surface area contributed by atoms with Gasteiger partial charge in [0, 0.05) is 81.2 Å². The number of hydrogen-bond donors (Lipinski definition) is 5. The summed E-state index contributed by atoms with van der Waals surface area (Å²) in [4.78, 5) is 55.1. The predicted molar refractivity (Wildman–Crippen MR) is 196 cm³/mol. The van der Waals surface area contributed by atoms with Gasteiger partial charge in [-0.15, -0.1) is 0 Å². The number of allylic oxidation sites excluding steroid dienone is 1. The molecule has 0 radical (unpaired) electrons. The van der Waals surface area contributed by atoms with Crippen LogP contribution in [-0.4, -0.2) is 105 Å². The number of piperidine rings is 1. The monoisotopic (exact) mass is 738 g/mol. The summed E-state index contributed by atoms with van der Waals surface area (Å²) in [6, 6.07) is 9.60. The molecule has 3 amide bonds. The van der Waals surface area contributed by atoms with Crippen molar-refractivity contribution in [1.29, 1.82) is 0 Å². The van der Waals surface area contributed by atoms with E-state index in [1.54, 1.807) is 23.2 Å². The van der Waals surface area contributed by atoms with E-state index < -0.39 is 23.5 Å². The van der Waals surface area contributed by atoms with Crippen molar-refractivity contribution in [1.82, 2.24) is 35.3 Å². The number of piperazine rings is 1. The van der Waals surface area contributed by atoms with E-state index in [4.69, 9.17) is 26.2 Å². The van der Waals surface area contributed by atoms with Crippen molar-refractivity contribution in [2.45, 2.75) is 57.5 Å². The Morgan fingerprint density at radius 1 is 1.13 bits per heavy atom. The molecule has 0 spiro atoms. The highest BCUT2D eigenvalue weighted by Gasteiger charge is 2.40. The molecule has 3 aromatic rings. The van der Waals surface area contributed by atoms with E-state index in [1.807, 2.05) is 25.1 Å². The number of amides is 3. The maximum atomic E-state index is 14.0. The van der Waals surface area contributed by atoms with Crippen LogP contribution < -0.4 is 31.7 Å². The molecule has 5 aliphatic rings. The number of nitrogens with zero attached hydrogens (tertiary/aromatic N) is 6. The van der Waals surface area contributed by atoms with Crippen LogP contribution in [-0.2, 0) is 22.7 Å². The van der Waals surface area contributed by atoms with Gasteiger partial charge in [0.25, 0.3) is 5.91 Å². The van der Waals surface area contributed by atoms with Crippen molar-refractivity contribution in [2.24, 2.45) is 11.5 Å². The summed E-state index contributed by atoms with van der Waals surface area (Å²) in [5.41, 5.74) is 17.8. The molecule has 15 nitrogen and oxygen atoms in total. The van der Waals surface area contributed by atoms with Crippen LogP contribution in [0, 0.1) is 12.7 Å². The molecule has 5 aliphatic heterocycles. The third kappa shape index (κ3) is 6.72. The lowest BCUT2D eigenvalue weighted by Gasteiger charge is -2.36. The Morgan fingerprint density at radius 2 is 1.94 bits per heavy atom. The maximum absolute atomic E-state index is 14.0. The Labute approximate surface area is 311 Å². The van der Waals surface area contributed by atoms with Crippen molar-refractivity contribution in [3.05, 3.63) is 94.1 Å². The molecular formula is C38H43FN10O5. The number of halogens is 1. The fraction of sp³-hybridized carbons (Fsp3) is 0.395. The summed E-state index contributed by atoms with van der Waals surface area (Å²) in [6.45, 7) is 7.25. The van der Waals surface area contributed by atoms with Crippen molar-refractivity contribution in [3.8, 4) is 11.6 Å². The van der Waals surface area contributed by atoms with Gasteiger partial charge in [-0.25, -0.2) is 9.37 Å². The van der Waals surface area contributed by atoms with Gasteiger partial charge in [-0.2, -0.15) is 0 Å². The number of para-hydroxylation sites is 1. The fourth-order valence-electron chi connectivity index (χ4n) is 8.04. The second kappa shape index (κ2) is 14.2. The van der Waals surface area contributed by atoms with E-state index in [0.29, 0.717) is 62.0 Å². The van der Waals surface area contributed by atoms with E-state index in [9.17, 15) is 23.9 Å². The number of phenols is 1. The number of benzene rings is 2. The molecule has 3 atom stereocenters. The lowest BCUT2D eigenvalue weighted by atomic mass is 10.0. The average molecular weight is 739 g/mol. The maximum Gasteiger partial charge on any atom is 0.255 e. The molecule has 1 aromatic heterocycles. The molecule has 16 heteroatoms. The first kappa shape index (κ1) is 35.1. The van der Waals surface area contributed by atoms with Crippen molar-refractivity contribution in [2.75, 3.05) is 44.2 Å². The number of ether oxygens (including phenoxy) is 1. The molecule has 282 valence electrons. The van der Waals surface area contributed by atoms with E-state index in [2.05, 4.69) is 25.3 Å². The van der Waals surface area contributed by atoms with Gasteiger partial charge in [0.05, 0.1) is 35.9 Å². The number of nitrogens with two attached hydrogens (primary N) is 2. The van der Waals surface area contributed by atoms with Crippen LogP contribution in [0.4, 0.5) is 10.1 Å². The number of carbonyl (C=O) groups excluding carboxylic acids is 3. The summed E-state index contributed by atoms with van der Waals surface area (Å²) in [5.74, 6) is -1.26. The van der Waals surface area contributed by atoms with Crippen LogP contribution in [0.5, 0.6) is 11.6 Å². The molecule has 3 saturated heterocycles. The standard InChI is InChI=1S/C38H43FN10O5/c1-21-30(20-46-9-11-47(12-10-46)23-6-5-22-18-49(38(53)27(22)14-23)31-7-8-33(50)45-37(31)52)42-17-34(44-21)54-25-13-24-16-43-36(41)32(48(24)19-25)15-29(40)26-3-2-4-28(39)35(26)51/h2-6,14-15,17,24-25,31,43,51H,7-13,16,18-20,40-41H2,1H3,(H,45,50,52)/b29-15-. The van der Waals surface area contributed by atoms with Crippen LogP contribution in [0.2, 0.25) is 0 Å². The molecule has 0 aliphatic carbocycles. The number of phenolic OH excluding ortho intramolecular Hbond substituents is 1. The second-order valence-electron chi connectivity index (χ2n) is 14.4. The molecule has 7 N–H and O–H groups in total. The topological polar surface area (TPSA) is 196 Å². The highest BCUT2D eigenvalue weighted by molar-refractivity contribution is 6.05. The van der Waals surface area contributed by atoms with Crippen LogP contribution in [0.25, 0.3) is 5.70 Å². The Morgan fingerprint density at radius 3 is 2.72 bits per heavy atom. The fourth-order valence-corrected chi connectivity index (χ4v) is 8.04. The number of nitrogens with one attached hydrogen (secondary N) is 2. The largest absolute Gasteiger partial charge is 0.504 e. The van der Waals surface area contributed by atoms with E-state index in [-0.39, 0.29) is 41.6 Å². The summed E-state index contributed by atoms with van der Waals surface area (Å²) < 4.78 is 20.3. The quantitative estimate of drug-likeness (QED) is 0.208. The Bertz CT molecular complexity index is 2080. The highest BCUT2D eigenvalue weighted by atomic mass is 19.1. The van der Waals surface area contributed by atoms with Crippen LogP contribution in [0.3, 0.4) is 0 Å². The summed E-state index contributed by atoms with van der Waals surface area (Å²) in [6.07, 6.45) is 4.42. The van der Waals surface area contributed by atoms with Crippen LogP contribution in [0.15, 0.2) is 60.2 Å². The molecule has 0 bridgehead atoms. The van der Waals surface area contributed by atoms with Crippen molar-refractivity contribution < 1.29 is 28.6 Å². The number of carbonyl (C=O) groups is 3. The minimum absolute atomic E-state index is 0.0827. The zero-order valence-corrected chi connectivity index (χ0v) is 29.9. The molecule has 8 rings (SSSR count). The number of aromatic hydroxyl groups is 1. The number of aryl methyl sites for hydroxylation is 1. The van der Waals surface area contributed by atoms with Gasteiger partial charge < -0.3 is 41.3 Å². The predicted octanol–water partition coefficient (Wildman–Crippen LogP) is 1.27. The molecule has 3 fully saturated rings. The first-order valence-corrected chi connectivity index (χ1v) is 18.2. The first-order valence-electron chi connectivity index (χ1n) is 18.2. The zero-order chi connectivity index (χ0) is 37.7. The highest BCUT2D eigenvalue weighted by Crippen LogP contribution is 2.33. The lowest BCUT2D eigenvalue weighted by Crippen LogP contribution is -2.52. The van der Waals surface area contributed by atoms with Gasteiger partial charge in [0.15, 0.2) is 11.6 Å². The van der Waals surface area contributed by atoms with Crippen molar-refractivity contribution in [3.63, 3.8) is 0 Å². The minimum Gasteiger partial charge on any atom is -0.504 e. The molecule has 6 heterocycles. The number of imide groups is 1. The normalized spacial score (nSPS) is 23.4. The number of aromatic nitrogens is 2. The Kier molecular flexibility index (Phi) is 9.21. The van der Waals surface area contributed by atoms with E-state index in [1.165, 1.54) is 12.1 Å². The van der Waals surface area contributed by atoms with Crippen molar-refractivity contribution >= 4 is 29.1 Å². The van der Waals surface area contributed by atoms with Gasteiger partial charge in [0.2, 0.25) is 17.7 Å². The zero-order valence-electron chi connectivity index (χ0n) is 29.9. The number of anilines is 1. The molecule has 2 aromatic carbocycles. The first-order chi connectivity index (χ1) is 26.0. The summed E-state index contributed by atoms with van der Waals surface area (Å²) >= 11 is 0. The van der Waals surface area contributed by atoms with Gasteiger partial charge in [-0.1, -0.05) is 12.1 Å². The van der Waals surface area contributed by atoms with E-state index in [0.717, 1.165) is 48.8 Å². The number of hydrogen-bond acceptors (Lipinski definition) is 13. The third-order valence-electron chi connectivity index (χ3n) is 11.0. The number of fused-ring (bicyclic) bond motifs is 2. The van der Waals surface area contributed by atoms with E-state index >= 15 is 0 Å². The lowest BCUT2D eigenvalue weighted by molar-refractivity contribution is -0.136. The van der Waals surface area contributed by atoms with Gasteiger partial charge in [-0.05, 0) is 49.2 Å².